The van der Waals surface area contributed by atoms with Gasteiger partial charge in [-0.15, -0.1) is 0 Å². The summed E-state index contributed by atoms with van der Waals surface area (Å²) in [5.41, 5.74) is 1.68. The molecule has 0 aliphatic heterocycles. The summed E-state index contributed by atoms with van der Waals surface area (Å²) in [6, 6.07) is 14.4. The van der Waals surface area contributed by atoms with Crippen molar-refractivity contribution in [3.8, 4) is 5.40 Å². The Labute approximate surface area is 138 Å². The van der Waals surface area contributed by atoms with E-state index in [4.69, 9.17) is 16.9 Å². The van der Waals surface area contributed by atoms with Crippen LogP contribution in [0.2, 0.25) is 5.02 Å². The quantitative estimate of drug-likeness (QED) is 0.635. The van der Waals surface area contributed by atoms with Crippen LogP contribution in [-0.4, -0.2) is 12.6 Å². The van der Waals surface area contributed by atoms with Gasteiger partial charge in [0.15, 0.2) is 0 Å². The molecule has 112 valence electrons. The van der Waals surface area contributed by atoms with Gasteiger partial charge in [0.2, 0.25) is 0 Å². The molecule has 22 heavy (non-hydrogen) atoms. The summed E-state index contributed by atoms with van der Waals surface area (Å²) in [6.07, 6.45) is 0.671. The SMILES string of the molecule is N#CSc1ccc(NC(=O)NCCc2ccccc2Cl)cc1. The van der Waals surface area contributed by atoms with Crippen molar-refractivity contribution in [1.29, 1.82) is 5.26 Å². The van der Waals surface area contributed by atoms with Crippen LogP contribution in [0.1, 0.15) is 5.56 Å². The number of nitrogens with one attached hydrogen (secondary N) is 2. The summed E-state index contributed by atoms with van der Waals surface area (Å²) in [4.78, 5) is 12.6. The molecule has 2 aromatic rings. The van der Waals surface area contributed by atoms with Crippen LogP contribution in [0.15, 0.2) is 53.4 Å². The average Bonchev–Trinajstić information content (AvgIpc) is 2.51. The molecule has 0 fully saturated rings. The average molecular weight is 332 g/mol. The maximum atomic E-state index is 11.8. The number of amides is 2. The molecule has 2 amide bonds. The molecule has 2 N–H and O–H groups in total. The van der Waals surface area contributed by atoms with E-state index in [-0.39, 0.29) is 6.03 Å². The van der Waals surface area contributed by atoms with E-state index in [1.807, 2.05) is 29.7 Å². The zero-order chi connectivity index (χ0) is 15.8. The molecule has 6 heteroatoms. The number of carbonyl (C=O) groups excluding carboxylic acids is 1. The molecular weight excluding hydrogens is 318 g/mol. The van der Waals surface area contributed by atoms with Gasteiger partial charge in [-0.25, -0.2) is 4.79 Å². The number of urea groups is 1. The van der Waals surface area contributed by atoms with E-state index >= 15 is 0 Å². The second-order valence-electron chi connectivity index (χ2n) is 4.44. The Balaban J connectivity index is 1.78. The first-order chi connectivity index (χ1) is 10.7. The predicted octanol–water partition coefficient (Wildman–Crippen LogP) is 4.28. The molecule has 2 rings (SSSR count). The summed E-state index contributed by atoms with van der Waals surface area (Å²) >= 11 is 7.14. The lowest BCUT2D eigenvalue weighted by Crippen LogP contribution is -2.30. The number of anilines is 1. The summed E-state index contributed by atoms with van der Waals surface area (Å²) in [6.45, 7) is 0.498. The number of nitriles is 1. The van der Waals surface area contributed by atoms with Crippen LogP contribution in [0.3, 0.4) is 0 Å². The lowest BCUT2D eigenvalue weighted by molar-refractivity contribution is 0.252. The van der Waals surface area contributed by atoms with Gasteiger partial charge in [-0.2, -0.15) is 5.26 Å². The van der Waals surface area contributed by atoms with Crippen LogP contribution in [0.4, 0.5) is 10.5 Å². The minimum Gasteiger partial charge on any atom is -0.338 e. The fourth-order valence-electron chi connectivity index (χ4n) is 1.85. The number of rotatable bonds is 5. The van der Waals surface area contributed by atoms with Gasteiger partial charge in [-0.1, -0.05) is 29.8 Å². The van der Waals surface area contributed by atoms with Crippen molar-refractivity contribution >= 4 is 35.1 Å². The third-order valence-electron chi connectivity index (χ3n) is 2.91. The van der Waals surface area contributed by atoms with Crippen LogP contribution >= 0.6 is 23.4 Å². The number of thiocyanates is 1. The first-order valence-electron chi connectivity index (χ1n) is 6.63. The van der Waals surface area contributed by atoms with Gasteiger partial charge in [-0.3, -0.25) is 0 Å². The molecule has 0 bridgehead atoms. The van der Waals surface area contributed by atoms with Crippen LogP contribution in [0.25, 0.3) is 0 Å². The third kappa shape index (κ3) is 4.99. The van der Waals surface area contributed by atoms with E-state index in [2.05, 4.69) is 10.6 Å². The lowest BCUT2D eigenvalue weighted by atomic mass is 10.1. The highest BCUT2D eigenvalue weighted by atomic mass is 35.5. The summed E-state index contributed by atoms with van der Waals surface area (Å²) in [5, 5.41) is 16.8. The Hall–Kier alpha value is -2.16. The van der Waals surface area contributed by atoms with E-state index in [1.165, 1.54) is 0 Å². The number of hydrogen-bond donors (Lipinski definition) is 2. The smallest absolute Gasteiger partial charge is 0.319 e. The monoisotopic (exact) mass is 331 g/mol. The highest BCUT2D eigenvalue weighted by Gasteiger charge is 2.03. The molecular formula is C16H14ClN3OS. The number of benzene rings is 2. The van der Waals surface area contributed by atoms with E-state index < -0.39 is 0 Å². The maximum absolute atomic E-state index is 11.8. The Morgan fingerprint density at radius 1 is 1.18 bits per heavy atom. The molecule has 4 nitrogen and oxygen atoms in total. The molecule has 0 heterocycles. The standard InChI is InChI=1S/C16H14ClN3OS/c17-15-4-2-1-3-12(15)9-10-19-16(21)20-13-5-7-14(8-6-13)22-11-18/h1-8H,9-10H2,(H2,19,20,21). The lowest BCUT2D eigenvalue weighted by Gasteiger charge is -2.08. The zero-order valence-electron chi connectivity index (χ0n) is 11.7. The first-order valence-corrected chi connectivity index (χ1v) is 7.83. The Kier molecular flexibility index (Phi) is 6.13. The number of nitrogens with zero attached hydrogens (tertiary/aromatic N) is 1. The Morgan fingerprint density at radius 2 is 1.91 bits per heavy atom. The summed E-state index contributed by atoms with van der Waals surface area (Å²) in [7, 11) is 0. The van der Waals surface area contributed by atoms with Gasteiger partial charge in [0.1, 0.15) is 5.40 Å². The van der Waals surface area contributed by atoms with E-state index in [0.717, 1.165) is 22.2 Å². The van der Waals surface area contributed by atoms with Crippen molar-refractivity contribution in [2.45, 2.75) is 11.3 Å². The van der Waals surface area contributed by atoms with Gasteiger partial charge in [0.05, 0.1) is 0 Å². The molecule has 0 unspecified atom stereocenters. The van der Waals surface area contributed by atoms with Gasteiger partial charge < -0.3 is 10.6 Å². The molecule has 0 saturated heterocycles. The Bertz CT molecular complexity index is 683. The number of halogens is 1. The highest BCUT2D eigenvalue weighted by molar-refractivity contribution is 8.03. The fourth-order valence-corrected chi connectivity index (χ4v) is 2.45. The van der Waals surface area contributed by atoms with E-state index in [1.54, 1.807) is 24.3 Å². The van der Waals surface area contributed by atoms with E-state index in [0.29, 0.717) is 23.7 Å². The van der Waals surface area contributed by atoms with Crippen molar-refractivity contribution in [3.63, 3.8) is 0 Å². The van der Waals surface area contributed by atoms with Gasteiger partial charge >= 0.3 is 6.03 Å². The zero-order valence-corrected chi connectivity index (χ0v) is 13.2. The van der Waals surface area contributed by atoms with Crippen LogP contribution in [-0.2, 0) is 6.42 Å². The molecule has 0 aromatic heterocycles. The normalized spacial score (nSPS) is 9.82. The van der Waals surface area contributed by atoms with Crippen molar-refractivity contribution in [2.24, 2.45) is 0 Å². The molecule has 2 aromatic carbocycles. The molecule has 0 saturated carbocycles. The minimum absolute atomic E-state index is 0.271. The van der Waals surface area contributed by atoms with Crippen molar-refractivity contribution < 1.29 is 4.79 Å². The second kappa shape index (κ2) is 8.32. The molecule has 0 atom stereocenters. The van der Waals surface area contributed by atoms with Crippen molar-refractivity contribution in [3.05, 3.63) is 59.1 Å². The molecule has 0 spiro atoms. The minimum atomic E-state index is -0.271. The van der Waals surface area contributed by atoms with Gasteiger partial charge in [0.25, 0.3) is 0 Å². The third-order valence-corrected chi connectivity index (χ3v) is 3.88. The molecule has 0 aliphatic rings. The number of carbonyl (C=O) groups is 1. The fraction of sp³-hybridized carbons (Fsp3) is 0.125. The van der Waals surface area contributed by atoms with Crippen molar-refractivity contribution in [1.82, 2.24) is 5.32 Å². The molecule has 0 aliphatic carbocycles. The van der Waals surface area contributed by atoms with Crippen molar-refractivity contribution in [2.75, 3.05) is 11.9 Å². The number of hydrogen-bond acceptors (Lipinski definition) is 3. The Morgan fingerprint density at radius 3 is 2.59 bits per heavy atom. The molecule has 0 radical (unpaired) electrons. The van der Waals surface area contributed by atoms with Gasteiger partial charge in [0, 0.05) is 22.2 Å². The number of thioether (sulfide) groups is 1. The maximum Gasteiger partial charge on any atom is 0.319 e. The largest absolute Gasteiger partial charge is 0.338 e. The predicted molar refractivity (Wildman–Crippen MR) is 90.1 cm³/mol. The second-order valence-corrected chi connectivity index (χ2v) is 5.71. The summed E-state index contributed by atoms with van der Waals surface area (Å²) < 4.78 is 0. The van der Waals surface area contributed by atoms with Crippen LogP contribution in [0, 0.1) is 10.7 Å². The van der Waals surface area contributed by atoms with E-state index in [9.17, 15) is 4.79 Å². The van der Waals surface area contributed by atoms with Crippen LogP contribution in [0.5, 0.6) is 0 Å². The van der Waals surface area contributed by atoms with Crippen LogP contribution < -0.4 is 10.6 Å². The summed E-state index contributed by atoms with van der Waals surface area (Å²) in [5.74, 6) is 0. The highest BCUT2D eigenvalue weighted by Crippen LogP contribution is 2.19. The van der Waals surface area contributed by atoms with Gasteiger partial charge in [-0.05, 0) is 54.1 Å². The first kappa shape index (κ1) is 16.2. The topological polar surface area (TPSA) is 64.9 Å².